The van der Waals surface area contributed by atoms with Crippen LogP contribution in [0.2, 0.25) is 0 Å². The van der Waals surface area contributed by atoms with Crippen molar-refractivity contribution in [1.29, 1.82) is 0 Å². The summed E-state index contributed by atoms with van der Waals surface area (Å²) in [6.07, 6.45) is 3.20. The number of hydrogen-bond donors (Lipinski definition) is 3. The molecule has 2 amide bonds. The van der Waals surface area contributed by atoms with E-state index < -0.39 is 0 Å². The van der Waals surface area contributed by atoms with Crippen molar-refractivity contribution in [3.63, 3.8) is 0 Å². The largest absolute Gasteiger partial charge is 0.378 e. The van der Waals surface area contributed by atoms with E-state index in [1.807, 2.05) is 19.1 Å². The summed E-state index contributed by atoms with van der Waals surface area (Å²) >= 11 is 1.20. The topological polar surface area (TPSA) is 125 Å². The Morgan fingerprint density at radius 3 is 2.85 bits per heavy atom. The molecule has 1 aromatic carbocycles. The summed E-state index contributed by atoms with van der Waals surface area (Å²) in [5.74, 6) is 0.0842. The van der Waals surface area contributed by atoms with Crippen molar-refractivity contribution >= 4 is 50.7 Å². The molecule has 1 saturated heterocycles. The minimum Gasteiger partial charge on any atom is -0.378 e. The second-order valence-corrected chi connectivity index (χ2v) is 8.54. The van der Waals surface area contributed by atoms with Gasteiger partial charge in [0.05, 0.1) is 36.8 Å². The number of nitrogens with zero attached hydrogens (tertiary/aromatic N) is 4. The van der Waals surface area contributed by atoms with Gasteiger partial charge in [-0.15, -0.1) is 0 Å². The van der Waals surface area contributed by atoms with Gasteiger partial charge in [0.15, 0.2) is 5.13 Å². The quantitative estimate of drug-likeness (QED) is 0.415. The van der Waals surface area contributed by atoms with Crippen LogP contribution < -0.4 is 10.6 Å². The molecule has 0 saturated carbocycles. The Balaban J connectivity index is 1.29. The molecule has 0 unspecified atom stereocenters. The number of carbonyl (C=O) groups is 2. The molecule has 0 bridgehead atoms. The number of aromatic nitrogens is 4. The summed E-state index contributed by atoms with van der Waals surface area (Å²) in [6.45, 7) is 4.09. The fraction of sp³-hybridized carbons (Fsp3) is 0.227. The van der Waals surface area contributed by atoms with Gasteiger partial charge in [-0.2, -0.15) is 5.10 Å². The van der Waals surface area contributed by atoms with E-state index in [2.05, 4.69) is 30.8 Å². The van der Waals surface area contributed by atoms with E-state index >= 15 is 0 Å². The van der Waals surface area contributed by atoms with E-state index in [1.165, 1.54) is 17.5 Å². The second-order valence-electron chi connectivity index (χ2n) is 7.51. The number of rotatable bonds is 5. The number of nitrogens with one attached hydrogen (secondary N) is 3. The van der Waals surface area contributed by atoms with Crippen LogP contribution in [0.3, 0.4) is 0 Å². The first-order valence-electron chi connectivity index (χ1n) is 10.4. The highest BCUT2D eigenvalue weighted by Crippen LogP contribution is 2.28. The van der Waals surface area contributed by atoms with Crippen molar-refractivity contribution in [3.8, 4) is 0 Å². The third kappa shape index (κ3) is 4.41. The number of anilines is 3. The number of aryl methyl sites for hydroxylation is 1. The van der Waals surface area contributed by atoms with Gasteiger partial charge in [-0.3, -0.25) is 14.7 Å². The SMILES string of the molecule is Cc1ccc2[nH]ncc2c1NC(=O)c1cnc(Nc2cccc(C(=O)N3CCOCC3)n2)s1. The van der Waals surface area contributed by atoms with Crippen LogP contribution in [0.15, 0.2) is 42.7 Å². The molecule has 4 aromatic rings. The third-order valence-electron chi connectivity index (χ3n) is 5.30. The molecule has 0 aliphatic carbocycles. The molecule has 3 N–H and O–H groups in total. The van der Waals surface area contributed by atoms with Gasteiger partial charge in [0.25, 0.3) is 11.8 Å². The maximum absolute atomic E-state index is 12.8. The maximum atomic E-state index is 12.8. The number of H-pyrrole nitrogens is 1. The van der Waals surface area contributed by atoms with Gasteiger partial charge in [0.2, 0.25) is 0 Å². The number of carbonyl (C=O) groups excluding carboxylic acids is 2. The lowest BCUT2D eigenvalue weighted by molar-refractivity contribution is 0.0299. The van der Waals surface area contributed by atoms with Crippen LogP contribution in [0.5, 0.6) is 0 Å². The second kappa shape index (κ2) is 8.96. The smallest absolute Gasteiger partial charge is 0.272 e. The van der Waals surface area contributed by atoms with Gasteiger partial charge in [0.1, 0.15) is 16.4 Å². The molecule has 11 heteroatoms. The minimum absolute atomic E-state index is 0.134. The molecule has 4 heterocycles. The fourth-order valence-electron chi connectivity index (χ4n) is 3.57. The molecule has 33 heavy (non-hydrogen) atoms. The molecule has 10 nitrogen and oxygen atoms in total. The summed E-state index contributed by atoms with van der Waals surface area (Å²) in [6, 6.07) is 9.04. The molecule has 0 spiro atoms. The molecule has 1 aliphatic rings. The number of morpholine rings is 1. The Hall–Kier alpha value is -3.83. The molecule has 1 fully saturated rings. The van der Waals surface area contributed by atoms with Crippen molar-refractivity contribution in [2.24, 2.45) is 0 Å². The van der Waals surface area contributed by atoms with Gasteiger partial charge in [-0.05, 0) is 30.7 Å². The molecule has 0 atom stereocenters. The van der Waals surface area contributed by atoms with Crippen LogP contribution in [0, 0.1) is 6.92 Å². The van der Waals surface area contributed by atoms with E-state index in [0.717, 1.165) is 16.5 Å². The highest BCUT2D eigenvalue weighted by molar-refractivity contribution is 7.17. The van der Waals surface area contributed by atoms with E-state index in [9.17, 15) is 9.59 Å². The lowest BCUT2D eigenvalue weighted by atomic mass is 10.1. The summed E-state index contributed by atoms with van der Waals surface area (Å²) in [7, 11) is 0. The van der Waals surface area contributed by atoms with Crippen LogP contribution >= 0.6 is 11.3 Å². The fourth-order valence-corrected chi connectivity index (χ4v) is 4.28. The van der Waals surface area contributed by atoms with E-state index in [4.69, 9.17) is 4.74 Å². The molecule has 3 aromatic heterocycles. The molecule has 1 aliphatic heterocycles. The van der Waals surface area contributed by atoms with Crippen LogP contribution in [0.25, 0.3) is 10.9 Å². The number of pyridine rings is 1. The normalized spacial score (nSPS) is 13.8. The molecule has 168 valence electrons. The van der Waals surface area contributed by atoms with Crippen molar-refractivity contribution in [1.82, 2.24) is 25.1 Å². The highest BCUT2D eigenvalue weighted by Gasteiger charge is 2.20. The zero-order valence-corrected chi connectivity index (χ0v) is 18.6. The molecule has 5 rings (SSSR count). The molecule has 0 radical (unpaired) electrons. The Morgan fingerprint density at radius 2 is 2.00 bits per heavy atom. The van der Waals surface area contributed by atoms with Crippen LogP contribution in [-0.4, -0.2) is 63.2 Å². The Labute approximate surface area is 193 Å². The first-order chi connectivity index (χ1) is 16.1. The number of ether oxygens (including phenoxy) is 1. The maximum Gasteiger partial charge on any atom is 0.272 e. The highest BCUT2D eigenvalue weighted by atomic mass is 32.1. The van der Waals surface area contributed by atoms with E-state index in [1.54, 1.807) is 29.3 Å². The summed E-state index contributed by atoms with van der Waals surface area (Å²) in [5.41, 5.74) is 2.84. The minimum atomic E-state index is -0.262. The lowest BCUT2D eigenvalue weighted by Gasteiger charge is -2.26. The number of hydrogen-bond acceptors (Lipinski definition) is 8. The van der Waals surface area contributed by atoms with Crippen molar-refractivity contribution < 1.29 is 14.3 Å². The van der Waals surface area contributed by atoms with Crippen molar-refractivity contribution in [2.45, 2.75) is 6.92 Å². The van der Waals surface area contributed by atoms with Gasteiger partial charge in [-0.1, -0.05) is 23.5 Å². The monoisotopic (exact) mass is 463 g/mol. The van der Waals surface area contributed by atoms with Crippen LogP contribution in [-0.2, 0) is 4.74 Å². The summed E-state index contributed by atoms with van der Waals surface area (Å²) in [5, 5.41) is 14.3. The standard InChI is InChI=1S/C22H21N7O3S/c1-13-5-6-15-14(11-24-28-15)19(13)27-20(30)17-12-23-22(33-17)26-18-4-2-3-16(25-18)21(31)29-7-9-32-10-8-29/h2-6,11-12H,7-10H2,1H3,(H,24,28)(H,27,30)(H,23,25,26). The van der Waals surface area contributed by atoms with Crippen LogP contribution in [0.4, 0.5) is 16.6 Å². The van der Waals surface area contributed by atoms with Gasteiger partial charge >= 0.3 is 0 Å². The number of amides is 2. The van der Waals surface area contributed by atoms with Gasteiger partial charge in [-0.25, -0.2) is 9.97 Å². The Morgan fingerprint density at radius 1 is 1.15 bits per heavy atom. The van der Waals surface area contributed by atoms with Gasteiger partial charge in [0, 0.05) is 18.5 Å². The van der Waals surface area contributed by atoms with Crippen molar-refractivity contribution in [2.75, 3.05) is 36.9 Å². The number of fused-ring (bicyclic) bond motifs is 1. The zero-order chi connectivity index (χ0) is 22.8. The zero-order valence-electron chi connectivity index (χ0n) is 17.8. The van der Waals surface area contributed by atoms with Crippen LogP contribution in [0.1, 0.15) is 25.7 Å². The average molecular weight is 464 g/mol. The lowest BCUT2D eigenvalue weighted by Crippen LogP contribution is -2.41. The predicted octanol–water partition coefficient (Wildman–Crippen LogP) is 3.19. The first kappa shape index (κ1) is 21.0. The number of benzene rings is 1. The first-order valence-corrected chi connectivity index (χ1v) is 11.2. The van der Waals surface area contributed by atoms with Gasteiger partial charge < -0.3 is 20.3 Å². The van der Waals surface area contributed by atoms with E-state index in [0.29, 0.717) is 53.5 Å². The summed E-state index contributed by atoms with van der Waals surface area (Å²) in [4.78, 5) is 36.4. The Bertz CT molecular complexity index is 1330. The third-order valence-corrected chi connectivity index (χ3v) is 6.21. The number of aromatic amines is 1. The Kier molecular flexibility index (Phi) is 5.71. The predicted molar refractivity (Wildman–Crippen MR) is 125 cm³/mol. The molecular formula is C22H21N7O3S. The van der Waals surface area contributed by atoms with Crippen molar-refractivity contribution in [3.05, 3.63) is 58.9 Å². The number of thiazole rings is 1. The summed E-state index contributed by atoms with van der Waals surface area (Å²) < 4.78 is 5.30. The average Bonchev–Trinajstić information content (AvgIpc) is 3.51. The van der Waals surface area contributed by atoms with E-state index in [-0.39, 0.29) is 11.8 Å². The molecular weight excluding hydrogens is 442 g/mol.